The molecule has 12 nitrogen and oxygen atoms in total. The molecule has 1 heterocycles. The lowest BCUT2D eigenvalue weighted by molar-refractivity contribution is 0.300. The van der Waals surface area contributed by atoms with Crippen LogP contribution >= 0.6 is 30.6 Å². The average molecular weight is 789 g/mol. The van der Waals surface area contributed by atoms with Crippen LogP contribution in [0.5, 0.6) is 23.0 Å². The minimum atomic E-state index is -3.89. The van der Waals surface area contributed by atoms with E-state index in [1.54, 1.807) is 0 Å². The van der Waals surface area contributed by atoms with Gasteiger partial charge in [0.15, 0.2) is 0 Å². The lowest BCUT2D eigenvalue weighted by Gasteiger charge is -2.32. The molecule has 0 radical (unpaired) electrons. The Kier molecular flexibility index (Phi) is 13.7. The molecule has 0 fully saturated rings. The molecule has 0 aromatic heterocycles. The Morgan fingerprint density at radius 1 is 0.327 bits per heavy atom. The van der Waals surface area contributed by atoms with E-state index in [4.69, 9.17) is 54.3 Å². The van der Waals surface area contributed by atoms with Gasteiger partial charge in [-0.25, -0.2) is 0 Å². The number of rotatable bonds is 16. The van der Waals surface area contributed by atoms with Crippen molar-refractivity contribution in [3.63, 3.8) is 0 Å². The molecule has 0 aliphatic carbocycles. The molecular weight excluding hydrogens is 740 g/mol. The van der Waals surface area contributed by atoms with Gasteiger partial charge in [0.1, 0.15) is 23.0 Å². The summed E-state index contributed by atoms with van der Waals surface area (Å²) in [7, 11) is -15.6. The molecule has 0 saturated carbocycles. The van der Waals surface area contributed by atoms with Crippen LogP contribution in [0, 0.1) is 27.7 Å². The fourth-order valence-electron chi connectivity index (χ4n) is 4.72. The van der Waals surface area contributed by atoms with E-state index in [0.717, 1.165) is 22.3 Å². The van der Waals surface area contributed by atoms with Crippen LogP contribution in [0.25, 0.3) is 0 Å². The van der Waals surface area contributed by atoms with Crippen molar-refractivity contribution in [2.24, 2.45) is 18.1 Å². The van der Waals surface area contributed by atoms with Gasteiger partial charge in [0, 0.05) is 0 Å². The lowest BCUT2D eigenvalue weighted by Crippen LogP contribution is -2.08. The van der Waals surface area contributed by atoms with Crippen molar-refractivity contribution in [1.29, 1.82) is 0 Å². The zero-order valence-electron chi connectivity index (χ0n) is 30.9. The van der Waals surface area contributed by atoms with E-state index in [1.165, 1.54) is 0 Å². The molecular formula is C36H48N4O8P4. The number of hydrogen-bond donors (Lipinski definition) is 0. The normalized spacial score (nSPS) is 24.2. The molecule has 5 rings (SSSR count). The second kappa shape index (κ2) is 17.8. The third kappa shape index (κ3) is 10.5. The monoisotopic (exact) mass is 788 g/mol. The minimum Gasteiger partial charge on any atom is -0.422 e. The van der Waals surface area contributed by atoms with E-state index in [-0.39, 0.29) is 26.4 Å². The van der Waals surface area contributed by atoms with Crippen molar-refractivity contribution in [3.05, 3.63) is 119 Å². The first kappa shape index (κ1) is 40.0. The topological polar surface area (TPSA) is 123 Å². The van der Waals surface area contributed by atoms with Crippen LogP contribution in [0.2, 0.25) is 0 Å². The Hall–Kier alpha value is -3.16. The second-order valence-corrected chi connectivity index (χ2v) is 20.2. The lowest BCUT2D eigenvalue weighted by atomic mass is 10.2. The van der Waals surface area contributed by atoms with Gasteiger partial charge in [-0.3, -0.25) is 18.1 Å². The summed E-state index contributed by atoms with van der Waals surface area (Å²) in [5.74, 6) is 1.82. The fraction of sp³-hybridized carbons (Fsp3) is 0.333. The molecule has 4 aromatic rings. The van der Waals surface area contributed by atoms with E-state index in [1.807, 2.05) is 152 Å². The first-order valence-corrected chi connectivity index (χ1v) is 23.3. The molecule has 1 aliphatic heterocycles. The quantitative estimate of drug-likeness (QED) is 0.103. The number of benzene rings is 4. The highest BCUT2D eigenvalue weighted by Gasteiger charge is 2.46. The maximum absolute atomic E-state index is 6.75. The van der Waals surface area contributed by atoms with Gasteiger partial charge in [-0.1, -0.05) is 70.8 Å². The highest BCUT2D eigenvalue weighted by atomic mass is 31.3. The molecule has 0 unspecified atom stereocenters. The zero-order chi connectivity index (χ0) is 37.2. The van der Waals surface area contributed by atoms with Crippen molar-refractivity contribution >= 4 is 30.6 Å². The third-order valence-electron chi connectivity index (χ3n) is 7.07. The SMILES string of the molecule is CCOP1(Oc2ccc(C)cc2)=NP(OCC)(Oc2ccc(C)cc2)=NP(OCC)(Oc2ccc(C)cc2)=NP(OCC)(Oc2ccc(C)cc2)=N1. The Balaban J connectivity index is 1.94. The van der Waals surface area contributed by atoms with Crippen LogP contribution in [-0.4, -0.2) is 26.4 Å². The first-order chi connectivity index (χ1) is 25.0. The average Bonchev–Trinajstić information content (AvgIpc) is 3.09. The Morgan fingerprint density at radius 2 is 0.500 bits per heavy atom. The van der Waals surface area contributed by atoms with E-state index >= 15 is 0 Å². The molecule has 0 amide bonds. The molecule has 0 bridgehead atoms. The minimum absolute atomic E-state index is 0.158. The van der Waals surface area contributed by atoms with E-state index in [9.17, 15) is 0 Å². The van der Waals surface area contributed by atoms with Crippen molar-refractivity contribution in [3.8, 4) is 23.0 Å². The van der Waals surface area contributed by atoms with Gasteiger partial charge in [0.05, 0.1) is 26.4 Å². The Bertz CT molecular complexity index is 1710. The molecule has 280 valence electrons. The molecule has 16 heteroatoms. The van der Waals surface area contributed by atoms with Crippen LogP contribution in [0.15, 0.2) is 115 Å². The van der Waals surface area contributed by atoms with Crippen LogP contribution in [0.4, 0.5) is 0 Å². The molecule has 0 spiro atoms. The van der Waals surface area contributed by atoms with Crippen LogP contribution in [0.3, 0.4) is 0 Å². The van der Waals surface area contributed by atoms with Gasteiger partial charge in [-0.15, -0.1) is 18.1 Å². The molecule has 4 aromatic carbocycles. The Morgan fingerprint density at radius 3 is 0.654 bits per heavy atom. The summed E-state index contributed by atoms with van der Waals surface area (Å²) in [5, 5.41) is 0. The summed E-state index contributed by atoms with van der Waals surface area (Å²) < 4.78 is 74.1. The third-order valence-corrected chi connectivity index (χ3v) is 18.5. The Labute approximate surface area is 308 Å². The van der Waals surface area contributed by atoms with Crippen molar-refractivity contribution in [2.45, 2.75) is 55.4 Å². The summed E-state index contributed by atoms with van der Waals surface area (Å²) in [5.41, 5.74) is 4.19. The molecule has 1 aliphatic rings. The summed E-state index contributed by atoms with van der Waals surface area (Å²) >= 11 is 0. The van der Waals surface area contributed by atoms with E-state index in [2.05, 4.69) is 0 Å². The second-order valence-electron chi connectivity index (χ2n) is 11.6. The summed E-state index contributed by atoms with van der Waals surface area (Å²) in [6.45, 7) is 15.9. The van der Waals surface area contributed by atoms with Gasteiger partial charge in [0.2, 0.25) is 0 Å². The van der Waals surface area contributed by atoms with Crippen molar-refractivity contribution in [1.82, 2.24) is 0 Å². The maximum atomic E-state index is 6.75. The fourth-order valence-corrected chi connectivity index (χ4v) is 17.1. The molecule has 0 N–H and O–H groups in total. The molecule has 0 saturated heterocycles. The molecule has 52 heavy (non-hydrogen) atoms. The summed E-state index contributed by atoms with van der Waals surface area (Å²) in [6, 6.07) is 30.1. The number of aryl methyl sites for hydroxylation is 4. The summed E-state index contributed by atoms with van der Waals surface area (Å²) in [4.78, 5) is 0. The van der Waals surface area contributed by atoms with Gasteiger partial charge < -0.3 is 18.1 Å². The van der Waals surface area contributed by atoms with Crippen LogP contribution < -0.4 is 18.1 Å². The van der Waals surface area contributed by atoms with Gasteiger partial charge in [-0.05, 0) is 104 Å². The van der Waals surface area contributed by atoms with E-state index in [0.29, 0.717) is 23.0 Å². The highest BCUT2D eigenvalue weighted by molar-refractivity contribution is 7.79. The zero-order valence-corrected chi connectivity index (χ0v) is 34.5. The smallest absolute Gasteiger partial charge is 0.404 e. The van der Waals surface area contributed by atoms with E-state index < -0.39 is 30.6 Å². The molecule has 0 atom stereocenters. The predicted molar refractivity (Wildman–Crippen MR) is 211 cm³/mol. The standard InChI is InChI=1S/C36H48N4O8P4/c1-9-41-49(45-33-21-13-29(5)14-22-33)37-50(42-10-2,46-34-23-15-30(6)16-24-34)39-52(44-12-4,48-36-27-19-32(8)20-28-36)40-51(38-49,43-11-3)47-35-25-17-31(7)18-26-35/h13-28H,9-12H2,1-8H3. The first-order valence-electron chi connectivity index (χ1n) is 17.1. The number of hydrogen-bond acceptors (Lipinski definition) is 12. The highest BCUT2D eigenvalue weighted by Crippen LogP contribution is 2.80. The summed E-state index contributed by atoms with van der Waals surface area (Å²) in [6.07, 6.45) is 0. The van der Waals surface area contributed by atoms with Crippen LogP contribution in [-0.2, 0) is 18.1 Å². The van der Waals surface area contributed by atoms with Gasteiger partial charge in [0.25, 0.3) is 0 Å². The largest absolute Gasteiger partial charge is 0.422 e. The predicted octanol–water partition coefficient (Wildman–Crippen LogP) is 13.5. The van der Waals surface area contributed by atoms with Gasteiger partial charge in [-0.2, -0.15) is 0 Å². The number of nitrogens with zero attached hydrogens (tertiary/aromatic N) is 4. The van der Waals surface area contributed by atoms with Crippen molar-refractivity contribution in [2.75, 3.05) is 26.4 Å². The maximum Gasteiger partial charge on any atom is 0.404 e. The van der Waals surface area contributed by atoms with Crippen molar-refractivity contribution < 1.29 is 36.2 Å². The van der Waals surface area contributed by atoms with Gasteiger partial charge >= 0.3 is 30.6 Å². The van der Waals surface area contributed by atoms with Crippen LogP contribution in [0.1, 0.15) is 49.9 Å².